The molecule has 11 heavy (non-hydrogen) atoms. The lowest BCUT2D eigenvalue weighted by Crippen LogP contribution is -2.06. The Bertz CT molecular complexity index is 275. The molecule has 0 saturated carbocycles. The first-order chi connectivity index (χ1) is 5.11. The van der Waals surface area contributed by atoms with Gasteiger partial charge in [-0.1, -0.05) is 0 Å². The van der Waals surface area contributed by atoms with Crippen LogP contribution in [0.1, 0.15) is 11.7 Å². The predicted octanol–water partition coefficient (Wildman–Crippen LogP) is 0.451. The Morgan fingerprint density at radius 1 is 1.82 bits per heavy atom. The van der Waals surface area contributed by atoms with E-state index in [1.165, 1.54) is 19.2 Å². The van der Waals surface area contributed by atoms with Crippen LogP contribution in [-0.2, 0) is 0 Å². The normalized spacial score (nSPS) is 9.55. The fraction of sp³-hybridized carbons (Fsp3) is 0.200. The maximum Gasteiger partial charge on any atom is 0.390 e. The molecule has 1 aromatic rings. The molecule has 6 nitrogen and oxygen atoms in total. The third kappa shape index (κ3) is 1.40. The van der Waals surface area contributed by atoms with Gasteiger partial charge in [0, 0.05) is 6.92 Å². The van der Waals surface area contributed by atoms with E-state index in [4.69, 9.17) is 0 Å². The van der Waals surface area contributed by atoms with Crippen LogP contribution in [0.4, 0.5) is 5.82 Å². The smallest absolute Gasteiger partial charge is 0.358 e. The summed E-state index contributed by atoms with van der Waals surface area (Å²) >= 11 is 0. The zero-order chi connectivity index (χ0) is 8.43. The van der Waals surface area contributed by atoms with Crippen molar-refractivity contribution in [2.75, 3.05) is 0 Å². The lowest BCUT2D eigenvalue weighted by Gasteiger charge is -1.84. The Labute approximate surface area is 61.6 Å². The number of carbonyl (C=O) groups excluding carboxylic acids is 1. The van der Waals surface area contributed by atoms with E-state index < -0.39 is 4.92 Å². The molecular formula is C5H5N3O3. The quantitative estimate of drug-likeness (QED) is 0.435. The van der Waals surface area contributed by atoms with E-state index in [1.54, 1.807) is 0 Å². The van der Waals surface area contributed by atoms with Crippen LogP contribution in [0.25, 0.3) is 0 Å². The second kappa shape index (κ2) is 2.49. The van der Waals surface area contributed by atoms with E-state index >= 15 is 0 Å². The van der Waals surface area contributed by atoms with Crippen LogP contribution in [0.15, 0.2) is 12.3 Å². The first-order valence-electron chi connectivity index (χ1n) is 2.82. The van der Waals surface area contributed by atoms with Crippen molar-refractivity contribution in [3.8, 4) is 0 Å². The van der Waals surface area contributed by atoms with Gasteiger partial charge in [-0.2, -0.15) is 0 Å². The van der Waals surface area contributed by atoms with Crippen molar-refractivity contribution < 1.29 is 9.72 Å². The molecule has 0 bridgehead atoms. The summed E-state index contributed by atoms with van der Waals surface area (Å²) in [4.78, 5) is 20.0. The number of hydrogen-bond acceptors (Lipinski definition) is 4. The second-order valence-corrected chi connectivity index (χ2v) is 1.89. The molecule has 0 fully saturated rings. The number of hydrogen-bond donors (Lipinski definition) is 0. The maximum absolute atomic E-state index is 10.6. The van der Waals surface area contributed by atoms with Crippen molar-refractivity contribution in [2.45, 2.75) is 6.92 Å². The Hall–Kier alpha value is -1.72. The van der Waals surface area contributed by atoms with E-state index in [0.717, 1.165) is 4.68 Å². The van der Waals surface area contributed by atoms with Gasteiger partial charge in [0.25, 0.3) is 5.91 Å². The summed E-state index contributed by atoms with van der Waals surface area (Å²) in [6.07, 6.45) is 1.25. The second-order valence-electron chi connectivity index (χ2n) is 1.89. The highest BCUT2D eigenvalue weighted by atomic mass is 16.6. The summed E-state index contributed by atoms with van der Waals surface area (Å²) in [5.41, 5.74) is 0. The van der Waals surface area contributed by atoms with Crippen LogP contribution in [0, 0.1) is 10.1 Å². The molecule has 0 aliphatic heterocycles. The first-order valence-corrected chi connectivity index (χ1v) is 2.82. The van der Waals surface area contributed by atoms with Gasteiger partial charge in [0.05, 0.1) is 17.4 Å². The molecule has 1 rings (SSSR count). The topological polar surface area (TPSA) is 78.0 Å². The van der Waals surface area contributed by atoms with E-state index in [1.807, 2.05) is 0 Å². The van der Waals surface area contributed by atoms with Crippen molar-refractivity contribution >= 4 is 11.7 Å². The molecule has 0 aliphatic rings. The fourth-order valence-corrected chi connectivity index (χ4v) is 0.587. The maximum atomic E-state index is 10.6. The van der Waals surface area contributed by atoms with Gasteiger partial charge in [0.1, 0.15) is 0 Å². The third-order valence-corrected chi connectivity index (χ3v) is 1.08. The molecule has 0 aromatic carbocycles. The molecule has 0 N–H and O–H groups in total. The molecule has 0 spiro atoms. The van der Waals surface area contributed by atoms with Crippen molar-refractivity contribution in [1.82, 2.24) is 9.78 Å². The number of aromatic nitrogens is 2. The molecule has 58 valence electrons. The van der Waals surface area contributed by atoms with Crippen LogP contribution >= 0.6 is 0 Å². The molecule has 0 aliphatic carbocycles. The van der Waals surface area contributed by atoms with Gasteiger partial charge in [-0.25, -0.2) is 0 Å². The van der Waals surface area contributed by atoms with Crippen molar-refractivity contribution in [2.24, 2.45) is 0 Å². The fourth-order valence-electron chi connectivity index (χ4n) is 0.587. The summed E-state index contributed by atoms with van der Waals surface area (Å²) < 4.78 is 0.915. The van der Waals surface area contributed by atoms with E-state index in [2.05, 4.69) is 5.10 Å². The van der Waals surface area contributed by atoms with Gasteiger partial charge in [-0.05, 0) is 4.92 Å². The van der Waals surface area contributed by atoms with Crippen LogP contribution in [0.5, 0.6) is 0 Å². The van der Waals surface area contributed by atoms with Gasteiger partial charge in [-0.15, -0.1) is 4.68 Å². The number of rotatable bonds is 1. The van der Waals surface area contributed by atoms with E-state index in [9.17, 15) is 14.9 Å². The molecule has 0 unspecified atom stereocenters. The minimum Gasteiger partial charge on any atom is -0.358 e. The molecule has 0 saturated heterocycles. The molecule has 1 aromatic heterocycles. The van der Waals surface area contributed by atoms with Crippen molar-refractivity contribution in [1.29, 1.82) is 0 Å². The van der Waals surface area contributed by atoms with Crippen molar-refractivity contribution in [3.05, 3.63) is 22.4 Å². The SMILES string of the molecule is CC(=O)n1ccc([N+](=O)[O-])n1. The number of nitro groups is 1. The van der Waals surface area contributed by atoms with E-state index in [0.29, 0.717) is 0 Å². The summed E-state index contributed by atoms with van der Waals surface area (Å²) in [5.74, 6) is -0.668. The molecular weight excluding hydrogens is 150 g/mol. The van der Waals surface area contributed by atoms with Crippen LogP contribution < -0.4 is 0 Å². The Kier molecular flexibility index (Phi) is 1.67. The minimum absolute atomic E-state index is 0.319. The summed E-state index contributed by atoms with van der Waals surface area (Å²) in [6, 6.07) is 1.17. The van der Waals surface area contributed by atoms with Crippen LogP contribution in [0.2, 0.25) is 0 Å². The number of nitrogens with zero attached hydrogens (tertiary/aromatic N) is 3. The van der Waals surface area contributed by atoms with Crippen LogP contribution in [-0.4, -0.2) is 20.6 Å². The highest BCUT2D eigenvalue weighted by Crippen LogP contribution is 2.04. The van der Waals surface area contributed by atoms with Gasteiger partial charge in [0.15, 0.2) is 0 Å². The average molecular weight is 155 g/mol. The zero-order valence-corrected chi connectivity index (χ0v) is 5.72. The summed E-state index contributed by atoms with van der Waals surface area (Å²) in [7, 11) is 0. The zero-order valence-electron chi connectivity index (χ0n) is 5.72. The summed E-state index contributed by atoms with van der Waals surface area (Å²) in [6.45, 7) is 1.27. The number of carbonyl (C=O) groups is 1. The minimum atomic E-state index is -0.653. The van der Waals surface area contributed by atoms with E-state index in [-0.39, 0.29) is 11.7 Å². The molecule has 0 radical (unpaired) electrons. The lowest BCUT2D eigenvalue weighted by atomic mass is 10.6. The highest BCUT2D eigenvalue weighted by Gasteiger charge is 2.12. The first kappa shape index (κ1) is 7.39. The standard InChI is InChI=1S/C5H5N3O3/c1-4(9)7-3-2-5(6-7)8(10)11/h2-3H,1H3. The Morgan fingerprint density at radius 2 is 2.45 bits per heavy atom. The van der Waals surface area contributed by atoms with Gasteiger partial charge in [-0.3, -0.25) is 4.79 Å². The molecule has 6 heteroatoms. The largest absolute Gasteiger partial charge is 0.390 e. The third-order valence-electron chi connectivity index (χ3n) is 1.08. The van der Waals surface area contributed by atoms with Crippen molar-refractivity contribution in [3.63, 3.8) is 0 Å². The van der Waals surface area contributed by atoms with Crippen LogP contribution in [0.3, 0.4) is 0 Å². The monoisotopic (exact) mass is 155 g/mol. The van der Waals surface area contributed by atoms with Gasteiger partial charge < -0.3 is 10.1 Å². The Balaban J connectivity index is 2.99. The molecule has 1 heterocycles. The molecule has 0 atom stereocenters. The predicted molar refractivity (Wildman–Crippen MR) is 35.2 cm³/mol. The van der Waals surface area contributed by atoms with Gasteiger partial charge >= 0.3 is 5.82 Å². The molecule has 0 amide bonds. The highest BCUT2D eigenvalue weighted by molar-refractivity contribution is 5.75. The van der Waals surface area contributed by atoms with Gasteiger partial charge in [0.2, 0.25) is 0 Å². The summed E-state index contributed by atoms with van der Waals surface area (Å²) in [5, 5.41) is 13.4. The average Bonchev–Trinajstić information content (AvgIpc) is 2.33. The Morgan fingerprint density at radius 3 is 2.73 bits per heavy atom. The lowest BCUT2D eigenvalue weighted by molar-refractivity contribution is -0.389.